The Morgan fingerprint density at radius 3 is 2.47 bits per heavy atom. The van der Waals surface area contributed by atoms with E-state index in [1.165, 1.54) is 6.20 Å². The highest BCUT2D eigenvalue weighted by atomic mass is 16.7. The number of fused-ring (bicyclic) bond motifs is 1. The Morgan fingerprint density at radius 1 is 1.16 bits per heavy atom. The number of anilines is 1. The van der Waals surface area contributed by atoms with Crippen molar-refractivity contribution in [3.05, 3.63) is 40.6 Å². The van der Waals surface area contributed by atoms with Gasteiger partial charge < -0.3 is 34.0 Å². The van der Waals surface area contributed by atoms with Gasteiger partial charge in [-0.25, -0.2) is 0 Å². The van der Waals surface area contributed by atoms with Gasteiger partial charge in [0, 0.05) is 62.8 Å². The third kappa shape index (κ3) is 4.97. The fourth-order valence-electron chi connectivity index (χ4n) is 4.24. The van der Waals surface area contributed by atoms with Crippen LogP contribution in [0.15, 0.2) is 30.5 Å². The molecule has 2 aliphatic heterocycles. The van der Waals surface area contributed by atoms with Gasteiger partial charge in [-0.15, -0.1) is 0 Å². The van der Waals surface area contributed by atoms with Crippen LogP contribution in [0, 0.1) is 10.1 Å². The molecule has 10 heteroatoms. The van der Waals surface area contributed by atoms with E-state index in [0.717, 1.165) is 37.4 Å². The van der Waals surface area contributed by atoms with Crippen molar-refractivity contribution in [3.63, 3.8) is 0 Å². The number of hydrogen-bond acceptors (Lipinski definition) is 8. The van der Waals surface area contributed by atoms with Crippen LogP contribution in [-0.4, -0.2) is 59.3 Å². The second kappa shape index (κ2) is 9.74. The van der Waals surface area contributed by atoms with E-state index >= 15 is 0 Å². The van der Waals surface area contributed by atoms with E-state index in [0.29, 0.717) is 32.8 Å². The number of ether oxygens (including phenoxy) is 4. The molecule has 10 nitrogen and oxygen atoms in total. The van der Waals surface area contributed by atoms with Gasteiger partial charge in [-0.2, -0.15) is 0 Å². The summed E-state index contributed by atoms with van der Waals surface area (Å²) in [7, 11) is 0. The van der Waals surface area contributed by atoms with Crippen molar-refractivity contribution in [1.29, 1.82) is 0 Å². The van der Waals surface area contributed by atoms with Crippen molar-refractivity contribution in [2.24, 2.45) is 0 Å². The average molecular weight is 447 g/mol. The zero-order chi connectivity index (χ0) is 22.6. The Kier molecular flexibility index (Phi) is 6.80. The molecule has 0 N–H and O–H groups in total. The van der Waals surface area contributed by atoms with Gasteiger partial charge in [-0.1, -0.05) is 0 Å². The Bertz CT molecular complexity index is 900. The molecule has 0 saturated carbocycles. The predicted molar refractivity (Wildman–Crippen MR) is 117 cm³/mol. The van der Waals surface area contributed by atoms with E-state index in [4.69, 9.17) is 18.9 Å². The zero-order valence-electron chi connectivity index (χ0n) is 18.6. The predicted octanol–water partition coefficient (Wildman–Crippen LogP) is 3.39. The summed E-state index contributed by atoms with van der Waals surface area (Å²) >= 11 is 0. The third-order valence-electron chi connectivity index (χ3n) is 5.86. The summed E-state index contributed by atoms with van der Waals surface area (Å²) in [5, 5.41) is 10.9. The summed E-state index contributed by atoms with van der Waals surface area (Å²) in [6, 6.07) is 8.30. The highest BCUT2D eigenvalue weighted by molar-refractivity contribution is 5.49. The molecule has 0 spiro atoms. The minimum absolute atomic E-state index is 0.198. The van der Waals surface area contributed by atoms with Crippen molar-refractivity contribution >= 4 is 11.5 Å². The molecule has 1 aromatic heterocycles. The molecule has 1 atom stereocenters. The first kappa shape index (κ1) is 22.3. The number of rotatable bonds is 9. The number of hydrogen-bond donors (Lipinski definition) is 0. The number of imidazole rings is 1. The standard InChI is InChI=1S/C22H30N4O6/c1-3-30-22(31-4-2)10-13-24(14-11-22)17-5-7-18(8-6-17)29-16-19-9-12-25-15-20(26(27)28)23-21(25)32-19/h5-8,15,19H,3-4,9-14,16H2,1-2H3/t19-/m1/s1. The van der Waals surface area contributed by atoms with Gasteiger partial charge in [0.25, 0.3) is 0 Å². The van der Waals surface area contributed by atoms with Crippen LogP contribution in [0.3, 0.4) is 0 Å². The van der Waals surface area contributed by atoms with Gasteiger partial charge in [0.15, 0.2) is 5.79 Å². The molecular formula is C22H30N4O6. The first-order valence-electron chi connectivity index (χ1n) is 11.2. The molecule has 0 radical (unpaired) electrons. The summed E-state index contributed by atoms with van der Waals surface area (Å²) in [5.74, 6) is 0.0972. The Morgan fingerprint density at radius 2 is 1.84 bits per heavy atom. The number of piperidine rings is 1. The molecule has 0 aliphatic carbocycles. The molecule has 32 heavy (non-hydrogen) atoms. The number of benzene rings is 1. The summed E-state index contributed by atoms with van der Waals surface area (Å²) in [6.07, 6.45) is 3.57. The maximum absolute atomic E-state index is 10.9. The minimum Gasteiger partial charge on any atom is -0.490 e. The van der Waals surface area contributed by atoms with Gasteiger partial charge >= 0.3 is 11.8 Å². The second-order valence-electron chi connectivity index (χ2n) is 7.93. The van der Waals surface area contributed by atoms with Gasteiger partial charge in [-0.3, -0.25) is 4.57 Å². The van der Waals surface area contributed by atoms with Crippen LogP contribution >= 0.6 is 0 Å². The fourth-order valence-corrected chi connectivity index (χ4v) is 4.24. The Balaban J connectivity index is 1.28. The van der Waals surface area contributed by atoms with Crippen molar-refractivity contribution in [2.45, 2.75) is 51.5 Å². The minimum atomic E-state index is -0.516. The largest absolute Gasteiger partial charge is 0.490 e. The Labute approximate surface area is 187 Å². The lowest BCUT2D eigenvalue weighted by atomic mass is 10.0. The SMILES string of the molecule is CCOC1(OCC)CCN(c2ccc(OC[C@H]3CCn4cc([N+](=O)[O-])nc4O3)cc2)CC1. The molecule has 1 aromatic carbocycles. The molecule has 1 fully saturated rings. The lowest BCUT2D eigenvalue weighted by Gasteiger charge is -2.41. The normalized spacial score (nSPS) is 19.8. The van der Waals surface area contributed by atoms with E-state index < -0.39 is 10.7 Å². The maximum atomic E-state index is 10.9. The Hall–Kier alpha value is -2.85. The smallest absolute Gasteiger partial charge is 0.414 e. The monoisotopic (exact) mass is 446 g/mol. The first-order valence-corrected chi connectivity index (χ1v) is 11.2. The topological polar surface area (TPSA) is 101 Å². The number of aryl methyl sites for hydroxylation is 1. The first-order chi connectivity index (χ1) is 15.5. The van der Waals surface area contributed by atoms with Crippen LogP contribution in [-0.2, 0) is 16.0 Å². The lowest BCUT2D eigenvalue weighted by molar-refractivity contribution is -0.389. The van der Waals surface area contributed by atoms with Crippen LogP contribution in [0.1, 0.15) is 33.1 Å². The second-order valence-corrected chi connectivity index (χ2v) is 7.93. The summed E-state index contributed by atoms with van der Waals surface area (Å²) < 4.78 is 25.2. The van der Waals surface area contributed by atoms with Crippen LogP contribution in [0.5, 0.6) is 11.8 Å². The lowest BCUT2D eigenvalue weighted by Crippen LogP contribution is -2.48. The highest BCUT2D eigenvalue weighted by Crippen LogP contribution is 2.31. The van der Waals surface area contributed by atoms with E-state index in [2.05, 4.69) is 22.0 Å². The summed E-state index contributed by atoms with van der Waals surface area (Å²) in [6.45, 7) is 8.01. The molecule has 2 aromatic rings. The molecule has 4 rings (SSSR count). The number of nitro groups is 1. The number of aromatic nitrogens is 2. The van der Waals surface area contributed by atoms with Gasteiger partial charge in [0.2, 0.25) is 0 Å². The van der Waals surface area contributed by atoms with E-state index in [1.807, 2.05) is 26.0 Å². The quantitative estimate of drug-likeness (QED) is 0.328. The van der Waals surface area contributed by atoms with Crippen LogP contribution in [0.4, 0.5) is 11.5 Å². The summed E-state index contributed by atoms with van der Waals surface area (Å²) in [4.78, 5) is 16.6. The van der Waals surface area contributed by atoms with Gasteiger partial charge in [0.05, 0.1) is 0 Å². The molecular weight excluding hydrogens is 416 g/mol. The molecule has 0 amide bonds. The van der Waals surface area contributed by atoms with Crippen molar-refractivity contribution in [3.8, 4) is 11.8 Å². The molecule has 0 bridgehead atoms. The van der Waals surface area contributed by atoms with Crippen molar-refractivity contribution in [1.82, 2.24) is 9.55 Å². The molecule has 2 aliphatic rings. The summed E-state index contributed by atoms with van der Waals surface area (Å²) in [5.41, 5.74) is 1.14. The van der Waals surface area contributed by atoms with Crippen molar-refractivity contribution in [2.75, 3.05) is 37.8 Å². The highest BCUT2D eigenvalue weighted by Gasteiger charge is 2.36. The van der Waals surface area contributed by atoms with E-state index in [9.17, 15) is 10.1 Å². The van der Waals surface area contributed by atoms with Gasteiger partial charge in [-0.05, 0) is 43.0 Å². The van der Waals surface area contributed by atoms with Crippen LogP contribution in [0.2, 0.25) is 0 Å². The fraction of sp³-hybridized carbons (Fsp3) is 0.591. The van der Waals surface area contributed by atoms with E-state index in [-0.39, 0.29) is 17.9 Å². The molecule has 3 heterocycles. The molecule has 1 saturated heterocycles. The van der Waals surface area contributed by atoms with Gasteiger partial charge in [0.1, 0.15) is 24.7 Å². The van der Waals surface area contributed by atoms with E-state index in [1.54, 1.807) is 4.57 Å². The molecule has 174 valence electrons. The third-order valence-corrected chi connectivity index (χ3v) is 5.86. The van der Waals surface area contributed by atoms with Crippen molar-refractivity contribution < 1.29 is 23.9 Å². The maximum Gasteiger partial charge on any atom is 0.414 e. The van der Waals surface area contributed by atoms with Crippen LogP contribution in [0.25, 0.3) is 0 Å². The average Bonchev–Trinajstić information content (AvgIpc) is 3.23. The molecule has 0 unspecified atom stereocenters. The number of nitrogens with zero attached hydrogens (tertiary/aromatic N) is 4. The zero-order valence-corrected chi connectivity index (χ0v) is 18.6. The van der Waals surface area contributed by atoms with Crippen LogP contribution < -0.4 is 14.4 Å².